The molecule has 3 aromatic rings. The Morgan fingerprint density at radius 1 is 1.22 bits per heavy atom. The van der Waals surface area contributed by atoms with Crippen LogP contribution in [0.1, 0.15) is 39.6 Å². The predicted molar refractivity (Wildman–Crippen MR) is 107 cm³/mol. The normalized spacial score (nSPS) is 23.0. The molecule has 1 fully saturated rings. The van der Waals surface area contributed by atoms with Gasteiger partial charge in [0.2, 0.25) is 0 Å². The Bertz CT molecular complexity index is 1100. The van der Waals surface area contributed by atoms with Gasteiger partial charge in [0.25, 0.3) is 0 Å². The lowest BCUT2D eigenvalue weighted by molar-refractivity contribution is 0.263. The van der Waals surface area contributed by atoms with Gasteiger partial charge in [-0.3, -0.25) is 9.56 Å². The zero-order chi connectivity index (χ0) is 18.9. The van der Waals surface area contributed by atoms with E-state index in [0.717, 1.165) is 39.9 Å². The molecule has 2 aromatic heterocycles. The fourth-order valence-electron chi connectivity index (χ4n) is 4.00. The van der Waals surface area contributed by atoms with Crippen molar-refractivity contribution in [2.24, 2.45) is 10.9 Å². The fourth-order valence-corrected chi connectivity index (χ4v) is 5.33. The van der Waals surface area contributed by atoms with Gasteiger partial charge in [0.05, 0.1) is 5.71 Å². The summed E-state index contributed by atoms with van der Waals surface area (Å²) in [5.74, 6) is 1.76. The van der Waals surface area contributed by atoms with Crippen LogP contribution < -0.4 is 0 Å². The molecule has 2 aliphatic rings. The molecular weight excluding hydrogens is 380 g/mol. The second kappa shape index (κ2) is 5.74. The van der Waals surface area contributed by atoms with Gasteiger partial charge in [-0.05, 0) is 44.9 Å². The first-order valence-electron chi connectivity index (χ1n) is 8.96. The summed E-state index contributed by atoms with van der Waals surface area (Å²) in [6.45, 7) is 6.34. The molecule has 1 aliphatic heterocycles. The van der Waals surface area contributed by atoms with E-state index in [9.17, 15) is 5.11 Å². The number of aliphatic hydroxyl groups is 1. The van der Waals surface area contributed by atoms with Gasteiger partial charge in [0, 0.05) is 33.6 Å². The third kappa shape index (κ3) is 2.30. The summed E-state index contributed by atoms with van der Waals surface area (Å²) in [6, 6.07) is 7.82. The molecule has 1 aromatic carbocycles. The lowest BCUT2D eigenvalue weighted by Crippen LogP contribution is -2.16. The van der Waals surface area contributed by atoms with Crippen LogP contribution in [0, 0.1) is 26.7 Å². The molecule has 0 radical (unpaired) electrons. The molecule has 0 unspecified atom stereocenters. The Hall–Kier alpha value is -2.02. The molecule has 1 saturated carbocycles. The van der Waals surface area contributed by atoms with E-state index in [0.29, 0.717) is 5.02 Å². The van der Waals surface area contributed by atoms with E-state index >= 15 is 0 Å². The lowest BCUT2D eigenvalue weighted by atomic mass is 9.99. The largest absolute Gasteiger partial charge is 0.396 e. The molecule has 5 rings (SSSR count). The summed E-state index contributed by atoms with van der Waals surface area (Å²) in [5, 5.41) is 20.5. The molecule has 1 aliphatic carbocycles. The molecule has 27 heavy (non-hydrogen) atoms. The minimum atomic E-state index is -0.510. The summed E-state index contributed by atoms with van der Waals surface area (Å²) >= 11 is 7.86. The monoisotopic (exact) mass is 398 g/mol. The number of fused-ring (bicyclic) bond motifs is 4. The number of benzene rings is 1. The van der Waals surface area contributed by atoms with Crippen LogP contribution in [0.15, 0.2) is 29.3 Å². The van der Waals surface area contributed by atoms with Gasteiger partial charge in [-0.15, -0.1) is 21.5 Å². The second-order valence-electron chi connectivity index (χ2n) is 7.34. The van der Waals surface area contributed by atoms with Crippen molar-refractivity contribution in [3.8, 4) is 5.00 Å². The third-order valence-corrected chi connectivity index (χ3v) is 7.19. The number of halogens is 1. The maximum Gasteiger partial charge on any atom is 0.166 e. The van der Waals surface area contributed by atoms with Gasteiger partial charge in [-0.1, -0.05) is 23.7 Å². The molecule has 1 N–H and O–H groups in total. The van der Waals surface area contributed by atoms with Crippen molar-refractivity contribution >= 4 is 28.6 Å². The molecule has 0 bridgehead atoms. The molecular formula is C20H19ClN4OS. The van der Waals surface area contributed by atoms with Crippen molar-refractivity contribution in [2.75, 3.05) is 6.61 Å². The maximum absolute atomic E-state index is 9.87. The number of aromatic nitrogens is 3. The van der Waals surface area contributed by atoms with Crippen LogP contribution in [0.2, 0.25) is 5.02 Å². The van der Waals surface area contributed by atoms with Crippen molar-refractivity contribution in [1.29, 1.82) is 0 Å². The van der Waals surface area contributed by atoms with Crippen LogP contribution in [0.4, 0.5) is 0 Å². The van der Waals surface area contributed by atoms with Gasteiger partial charge >= 0.3 is 0 Å². The number of aliphatic imine (C=N–C) groups is 1. The first-order chi connectivity index (χ1) is 13.0. The van der Waals surface area contributed by atoms with E-state index in [1.54, 1.807) is 11.3 Å². The van der Waals surface area contributed by atoms with Crippen molar-refractivity contribution in [2.45, 2.75) is 32.7 Å². The first kappa shape index (κ1) is 17.1. The van der Waals surface area contributed by atoms with E-state index in [2.05, 4.69) is 28.6 Å². The molecule has 1 spiro atoms. The number of hydrogen-bond donors (Lipinski definition) is 1. The Morgan fingerprint density at radius 2 is 1.96 bits per heavy atom. The highest BCUT2D eigenvalue weighted by Crippen LogP contribution is 2.57. The van der Waals surface area contributed by atoms with Crippen LogP contribution in [-0.4, -0.2) is 32.2 Å². The molecule has 5 nitrogen and oxygen atoms in total. The first-order valence-corrected chi connectivity index (χ1v) is 10.2. The smallest absolute Gasteiger partial charge is 0.166 e. The van der Waals surface area contributed by atoms with E-state index in [4.69, 9.17) is 16.6 Å². The molecule has 0 amide bonds. The topological polar surface area (TPSA) is 63.3 Å². The lowest BCUT2D eigenvalue weighted by Gasteiger charge is -2.12. The average molecular weight is 399 g/mol. The Kier molecular flexibility index (Phi) is 3.63. The van der Waals surface area contributed by atoms with Crippen LogP contribution in [0.5, 0.6) is 0 Å². The summed E-state index contributed by atoms with van der Waals surface area (Å²) in [6.07, 6.45) is 0.783. The van der Waals surface area contributed by atoms with Gasteiger partial charge in [0.1, 0.15) is 16.4 Å². The molecule has 7 heteroatoms. The molecule has 3 heterocycles. The van der Waals surface area contributed by atoms with E-state index < -0.39 is 5.54 Å². The summed E-state index contributed by atoms with van der Waals surface area (Å²) in [7, 11) is 0. The summed E-state index contributed by atoms with van der Waals surface area (Å²) in [5.41, 5.74) is 3.82. The van der Waals surface area contributed by atoms with Crippen LogP contribution >= 0.6 is 22.9 Å². The van der Waals surface area contributed by atoms with Gasteiger partial charge in [-0.25, -0.2) is 0 Å². The number of nitrogens with zero attached hydrogens (tertiary/aromatic N) is 4. The number of thiophene rings is 1. The minimum Gasteiger partial charge on any atom is -0.396 e. The summed E-state index contributed by atoms with van der Waals surface area (Å²) < 4.78 is 2.14. The maximum atomic E-state index is 9.87. The number of hydrogen-bond acceptors (Lipinski definition) is 5. The number of rotatable bonds is 2. The SMILES string of the molecule is Cc1sc2c(c1C)C(c1ccc(Cl)cc1)=N[C@@]1(C[C@@H]1CO)c1nnc(C)n1-2. The van der Waals surface area contributed by atoms with Crippen LogP contribution in [0.25, 0.3) is 5.00 Å². The number of aryl methyl sites for hydroxylation is 2. The van der Waals surface area contributed by atoms with Gasteiger partial charge in [-0.2, -0.15) is 0 Å². The van der Waals surface area contributed by atoms with Crippen molar-refractivity contribution < 1.29 is 5.11 Å². The van der Waals surface area contributed by atoms with Gasteiger partial charge < -0.3 is 5.11 Å². The summed E-state index contributed by atoms with van der Waals surface area (Å²) in [4.78, 5) is 6.49. The van der Waals surface area contributed by atoms with Gasteiger partial charge in [0.15, 0.2) is 5.82 Å². The highest BCUT2D eigenvalue weighted by Gasteiger charge is 2.60. The van der Waals surface area contributed by atoms with E-state index in [1.807, 2.05) is 31.2 Å². The second-order valence-corrected chi connectivity index (χ2v) is 8.98. The standard InChI is InChI=1S/C20H19ClN4OS/c1-10-11(2)27-18-16(10)17(13-4-6-15(21)7-5-13)22-20(8-14(20)9-26)19-24-23-12(3)25(18)19/h4-7,14,26H,8-9H2,1-3H3/t14-,20-/m1/s1. The predicted octanol–water partition coefficient (Wildman–Crippen LogP) is 3.97. The van der Waals surface area contributed by atoms with Crippen molar-refractivity contribution in [3.05, 3.63) is 62.5 Å². The molecule has 2 atom stereocenters. The van der Waals surface area contributed by atoms with Crippen LogP contribution in [0.3, 0.4) is 0 Å². The third-order valence-electron chi connectivity index (χ3n) is 5.74. The molecule has 0 saturated heterocycles. The van der Waals surface area contributed by atoms with E-state index in [-0.39, 0.29) is 12.5 Å². The van der Waals surface area contributed by atoms with E-state index in [1.165, 1.54) is 10.4 Å². The van der Waals surface area contributed by atoms with Crippen molar-refractivity contribution in [1.82, 2.24) is 14.8 Å². The fraction of sp³-hybridized carbons (Fsp3) is 0.350. The average Bonchev–Trinajstić information content (AvgIpc) is 3.15. The molecule has 138 valence electrons. The number of aliphatic hydroxyl groups excluding tert-OH is 1. The van der Waals surface area contributed by atoms with Crippen LogP contribution in [-0.2, 0) is 5.54 Å². The Morgan fingerprint density at radius 3 is 2.63 bits per heavy atom. The Labute approximate surface area is 166 Å². The highest BCUT2D eigenvalue weighted by molar-refractivity contribution is 7.15. The minimum absolute atomic E-state index is 0.0672. The Balaban J connectivity index is 1.86. The zero-order valence-corrected chi connectivity index (χ0v) is 16.9. The quantitative estimate of drug-likeness (QED) is 0.710. The van der Waals surface area contributed by atoms with Crippen molar-refractivity contribution in [3.63, 3.8) is 0 Å². The highest BCUT2D eigenvalue weighted by atomic mass is 35.5. The zero-order valence-electron chi connectivity index (χ0n) is 15.3.